The minimum Gasteiger partial charge on any atom is -0.361 e. The van der Waals surface area contributed by atoms with Crippen LogP contribution in [0.15, 0.2) is 23.1 Å². The molecule has 1 saturated heterocycles. The number of carbonyl (C=O) groups is 1. The summed E-state index contributed by atoms with van der Waals surface area (Å²) in [5.74, 6) is 0.972. The summed E-state index contributed by atoms with van der Waals surface area (Å²) in [6, 6.07) is 1.98. The van der Waals surface area contributed by atoms with Crippen LogP contribution in [0, 0.1) is 13.8 Å². The summed E-state index contributed by atoms with van der Waals surface area (Å²) in [4.78, 5) is 22.8. The molecule has 6 nitrogen and oxygen atoms in total. The molecular weight excluding hydrogens is 280 g/mol. The molecule has 1 fully saturated rings. The lowest BCUT2D eigenvalue weighted by Gasteiger charge is -2.24. The first kappa shape index (κ1) is 14.7. The number of hydrogen-bond acceptors (Lipinski definition) is 5. The van der Waals surface area contributed by atoms with Crippen LogP contribution in [0.4, 0.5) is 0 Å². The minimum atomic E-state index is 0.0835. The van der Waals surface area contributed by atoms with E-state index < -0.39 is 0 Å². The van der Waals surface area contributed by atoms with E-state index in [1.165, 1.54) is 0 Å². The van der Waals surface area contributed by atoms with E-state index >= 15 is 0 Å². The van der Waals surface area contributed by atoms with E-state index in [1.54, 1.807) is 12.5 Å². The lowest BCUT2D eigenvalue weighted by atomic mass is 10.1. The Bertz CT molecular complexity index is 634. The summed E-state index contributed by atoms with van der Waals surface area (Å²) in [5.41, 5.74) is 2.85. The van der Waals surface area contributed by atoms with Gasteiger partial charge in [0.25, 0.3) is 0 Å². The van der Waals surface area contributed by atoms with Crippen molar-refractivity contribution in [2.45, 2.75) is 45.6 Å². The average Bonchev–Trinajstić information content (AvgIpc) is 3.14. The summed E-state index contributed by atoms with van der Waals surface area (Å²) in [6.45, 7) is 4.60. The molecular formula is C16H20N4O2. The molecule has 1 atom stereocenters. The minimum absolute atomic E-state index is 0.0835. The predicted octanol–water partition coefficient (Wildman–Crippen LogP) is 2.38. The second-order valence-electron chi connectivity index (χ2n) is 5.68. The zero-order valence-corrected chi connectivity index (χ0v) is 13.0. The van der Waals surface area contributed by atoms with Crippen LogP contribution in [0.25, 0.3) is 0 Å². The van der Waals surface area contributed by atoms with Crippen LogP contribution in [0.2, 0.25) is 0 Å². The van der Waals surface area contributed by atoms with E-state index in [2.05, 4.69) is 15.1 Å². The van der Waals surface area contributed by atoms with Gasteiger partial charge < -0.3 is 9.42 Å². The zero-order chi connectivity index (χ0) is 15.5. The van der Waals surface area contributed by atoms with Gasteiger partial charge in [-0.15, -0.1) is 0 Å². The maximum atomic E-state index is 12.6. The molecule has 116 valence electrons. The topological polar surface area (TPSA) is 72.1 Å². The van der Waals surface area contributed by atoms with Crippen LogP contribution in [0.3, 0.4) is 0 Å². The second-order valence-corrected chi connectivity index (χ2v) is 5.68. The van der Waals surface area contributed by atoms with E-state index in [9.17, 15) is 4.79 Å². The van der Waals surface area contributed by atoms with Gasteiger partial charge in [-0.05, 0) is 39.2 Å². The van der Waals surface area contributed by atoms with Gasteiger partial charge in [0.15, 0.2) is 0 Å². The lowest BCUT2D eigenvalue weighted by Crippen LogP contribution is -2.31. The van der Waals surface area contributed by atoms with Gasteiger partial charge in [0.2, 0.25) is 5.91 Å². The lowest BCUT2D eigenvalue weighted by molar-refractivity contribution is -0.132. The van der Waals surface area contributed by atoms with Crippen molar-refractivity contribution < 1.29 is 9.32 Å². The van der Waals surface area contributed by atoms with Gasteiger partial charge in [-0.25, -0.2) is 9.97 Å². The molecule has 0 bridgehead atoms. The van der Waals surface area contributed by atoms with Gasteiger partial charge in [-0.1, -0.05) is 5.16 Å². The highest BCUT2D eigenvalue weighted by Crippen LogP contribution is 2.31. The molecule has 6 heteroatoms. The number of aryl methyl sites for hydroxylation is 2. The Morgan fingerprint density at radius 2 is 2.32 bits per heavy atom. The van der Waals surface area contributed by atoms with Gasteiger partial charge in [-0.2, -0.15) is 0 Å². The summed E-state index contributed by atoms with van der Waals surface area (Å²) in [6.07, 6.45) is 6.41. The summed E-state index contributed by atoms with van der Waals surface area (Å²) in [7, 11) is 0. The normalized spacial score (nSPS) is 17.9. The Morgan fingerprint density at radius 1 is 1.45 bits per heavy atom. The standard InChI is InChI=1S/C16H20N4O2/c1-11-13(12(2)22-19-11)5-6-16(21)20-9-3-4-15(20)14-7-8-17-10-18-14/h7-8,10,15H,3-6,9H2,1-2H3/t15-/m1/s1. The van der Waals surface area contributed by atoms with E-state index in [0.29, 0.717) is 12.8 Å². The molecule has 1 aliphatic heterocycles. The van der Waals surface area contributed by atoms with Gasteiger partial charge >= 0.3 is 0 Å². The Kier molecular flexibility index (Phi) is 4.18. The Balaban J connectivity index is 1.67. The van der Waals surface area contributed by atoms with Crippen LogP contribution < -0.4 is 0 Å². The number of nitrogens with zero attached hydrogens (tertiary/aromatic N) is 4. The number of hydrogen-bond donors (Lipinski definition) is 0. The molecule has 0 aliphatic carbocycles. The van der Waals surface area contributed by atoms with E-state index in [-0.39, 0.29) is 11.9 Å². The molecule has 2 aromatic heterocycles. The molecule has 22 heavy (non-hydrogen) atoms. The SMILES string of the molecule is Cc1noc(C)c1CCC(=O)N1CCC[C@@H]1c1ccncn1. The maximum absolute atomic E-state index is 12.6. The molecule has 3 rings (SSSR count). The van der Waals surface area contributed by atoms with Crippen LogP contribution in [0.5, 0.6) is 0 Å². The fourth-order valence-corrected chi connectivity index (χ4v) is 3.11. The number of aromatic nitrogens is 3. The highest BCUT2D eigenvalue weighted by Gasteiger charge is 2.30. The number of carbonyl (C=O) groups excluding carboxylic acids is 1. The van der Waals surface area contributed by atoms with Crippen LogP contribution in [-0.4, -0.2) is 32.5 Å². The molecule has 2 aromatic rings. The first-order valence-electron chi connectivity index (χ1n) is 7.64. The van der Waals surface area contributed by atoms with Crippen molar-refractivity contribution in [1.29, 1.82) is 0 Å². The third-order valence-corrected chi connectivity index (χ3v) is 4.29. The molecule has 0 N–H and O–H groups in total. The van der Waals surface area contributed by atoms with Crippen LogP contribution >= 0.6 is 0 Å². The summed E-state index contributed by atoms with van der Waals surface area (Å²) < 4.78 is 5.15. The highest BCUT2D eigenvalue weighted by atomic mass is 16.5. The Labute approximate surface area is 129 Å². The Hall–Kier alpha value is -2.24. The molecule has 0 radical (unpaired) electrons. The van der Waals surface area contributed by atoms with Crippen LogP contribution in [-0.2, 0) is 11.2 Å². The average molecular weight is 300 g/mol. The van der Waals surface area contributed by atoms with Gasteiger partial charge in [0, 0.05) is 24.7 Å². The van der Waals surface area contributed by atoms with Crippen molar-refractivity contribution in [3.8, 4) is 0 Å². The van der Waals surface area contributed by atoms with E-state index in [1.807, 2.05) is 24.8 Å². The molecule has 1 aliphatic rings. The van der Waals surface area contributed by atoms with Crippen molar-refractivity contribution in [2.24, 2.45) is 0 Å². The van der Waals surface area contributed by atoms with Gasteiger partial charge in [-0.3, -0.25) is 4.79 Å². The number of amides is 1. The zero-order valence-electron chi connectivity index (χ0n) is 13.0. The quantitative estimate of drug-likeness (QED) is 0.867. The van der Waals surface area contributed by atoms with Gasteiger partial charge in [0.05, 0.1) is 17.4 Å². The fraction of sp³-hybridized carbons (Fsp3) is 0.500. The molecule has 0 spiro atoms. The molecule has 0 unspecified atom stereocenters. The van der Waals surface area contributed by atoms with Crippen molar-refractivity contribution >= 4 is 5.91 Å². The summed E-state index contributed by atoms with van der Waals surface area (Å²) >= 11 is 0. The molecule has 0 saturated carbocycles. The third kappa shape index (κ3) is 2.86. The first-order chi connectivity index (χ1) is 10.7. The van der Waals surface area contributed by atoms with E-state index in [0.717, 1.165) is 42.1 Å². The second kappa shape index (κ2) is 6.25. The largest absolute Gasteiger partial charge is 0.361 e. The van der Waals surface area contributed by atoms with Crippen LogP contribution in [0.1, 0.15) is 48.0 Å². The summed E-state index contributed by atoms with van der Waals surface area (Å²) in [5, 5.41) is 3.94. The maximum Gasteiger partial charge on any atom is 0.223 e. The third-order valence-electron chi connectivity index (χ3n) is 4.29. The van der Waals surface area contributed by atoms with E-state index in [4.69, 9.17) is 4.52 Å². The molecule has 0 aromatic carbocycles. The van der Waals surface area contributed by atoms with Crippen molar-refractivity contribution in [3.05, 3.63) is 41.3 Å². The predicted molar refractivity (Wildman–Crippen MR) is 80.0 cm³/mol. The van der Waals surface area contributed by atoms with Crippen molar-refractivity contribution in [2.75, 3.05) is 6.54 Å². The number of likely N-dealkylation sites (tertiary alicyclic amines) is 1. The van der Waals surface area contributed by atoms with Crippen molar-refractivity contribution in [3.63, 3.8) is 0 Å². The number of rotatable bonds is 4. The smallest absolute Gasteiger partial charge is 0.223 e. The fourth-order valence-electron chi connectivity index (χ4n) is 3.11. The molecule has 3 heterocycles. The molecule has 1 amide bonds. The first-order valence-corrected chi connectivity index (χ1v) is 7.64. The Morgan fingerprint density at radius 3 is 3.00 bits per heavy atom. The monoisotopic (exact) mass is 300 g/mol. The van der Waals surface area contributed by atoms with Gasteiger partial charge in [0.1, 0.15) is 12.1 Å². The highest BCUT2D eigenvalue weighted by molar-refractivity contribution is 5.77. The van der Waals surface area contributed by atoms with Crippen molar-refractivity contribution in [1.82, 2.24) is 20.0 Å².